The van der Waals surface area contributed by atoms with Crippen molar-refractivity contribution in [1.82, 2.24) is 0 Å². The minimum Gasteiger partial charge on any atom is -0.504 e. The third-order valence-electron chi connectivity index (χ3n) is 4.97. The number of esters is 2. The van der Waals surface area contributed by atoms with Crippen molar-refractivity contribution in [3.8, 4) is 17.2 Å². The Morgan fingerprint density at radius 2 is 1.07 bits per heavy atom. The van der Waals surface area contributed by atoms with E-state index in [2.05, 4.69) is 4.74 Å². The summed E-state index contributed by atoms with van der Waals surface area (Å²) in [6, 6.07) is 7.25. The fraction of sp³-hybridized carbons (Fsp3) is 0. The van der Waals surface area contributed by atoms with Crippen molar-refractivity contribution in [2.75, 3.05) is 4.90 Å². The van der Waals surface area contributed by atoms with E-state index >= 15 is 0 Å². The van der Waals surface area contributed by atoms with Crippen molar-refractivity contribution in [3.63, 3.8) is 0 Å². The van der Waals surface area contributed by atoms with Crippen LogP contribution >= 0.6 is 0 Å². The summed E-state index contributed by atoms with van der Waals surface area (Å²) >= 11 is 0. The summed E-state index contributed by atoms with van der Waals surface area (Å²) in [5.41, 5.74) is 0.0650. The van der Waals surface area contributed by atoms with Gasteiger partial charge in [0.1, 0.15) is 0 Å². The minimum atomic E-state index is -0.873. The molecule has 0 unspecified atom stereocenters. The van der Waals surface area contributed by atoms with Crippen molar-refractivity contribution in [2.45, 2.75) is 0 Å². The van der Waals surface area contributed by atoms with Gasteiger partial charge in [0.05, 0.1) is 16.8 Å². The van der Waals surface area contributed by atoms with E-state index in [1.807, 2.05) is 0 Å². The highest BCUT2D eigenvalue weighted by atomic mass is 16.6. The molecule has 0 bridgehead atoms. The van der Waals surface area contributed by atoms with Gasteiger partial charge in [0.2, 0.25) is 0 Å². The number of aromatic hydroxyl groups is 3. The summed E-state index contributed by atoms with van der Waals surface area (Å²) in [6.45, 7) is 0. The van der Waals surface area contributed by atoms with Gasteiger partial charge in [-0.05, 0) is 24.3 Å². The van der Waals surface area contributed by atoms with Gasteiger partial charge in [-0.1, -0.05) is 0 Å². The van der Waals surface area contributed by atoms with Crippen molar-refractivity contribution < 1.29 is 39.2 Å². The predicted molar refractivity (Wildman–Crippen MR) is 96.3 cm³/mol. The van der Waals surface area contributed by atoms with Crippen LogP contribution in [0.2, 0.25) is 0 Å². The summed E-state index contributed by atoms with van der Waals surface area (Å²) in [5.74, 6) is -5.55. The molecule has 0 saturated heterocycles. The van der Waals surface area contributed by atoms with Gasteiger partial charge in [0.15, 0.2) is 17.2 Å². The van der Waals surface area contributed by atoms with Crippen LogP contribution in [0.15, 0.2) is 36.4 Å². The van der Waals surface area contributed by atoms with Crippen molar-refractivity contribution in [2.24, 2.45) is 0 Å². The molecule has 2 aliphatic heterocycles. The Morgan fingerprint density at radius 1 is 0.655 bits per heavy atom. The Hall–Kier alpha value is -4.40. The Balaban J connectivity index is 1.80. The molecule has 0 spiro atoms. The first-order chi connectivity index (χ1) is 13.8. The predicted octanol–water partition coefficient (Wildman–Crippen LogP) is 2.07. The highest BCUT2D eigenvalue weighted by Crippen LogP contribution is 2.42. The van der Waals surface area contributed by atoms with Crippen LogP contribution in [0.5, 0.6) is 17.2 Å². The van der Waals surface area contributed by atoms with Crippen LogP contribution in [0.25, 0.3) is 10.8 Å². The first-order valence-corrected chi connectivity index (χ1v) is 8.29. The van der Waals surface area contributed by atoms with Gasteiger partial charge >= 0.3 is 11.9 Å². The van der Waals surface area contributed by atoms with Crippen LogP contribution in [0.4, 0.5) is 5.69 Å². The SMILES string of the molecule is O=C1OC(=O)c2ccc3c4c(ccc1c24)C(=O)N(c1cc(O)c(O)c(O)c1)C3=O. The number of phenolic OH excluding ortho intramolecular Hbond substituents is 3. The van der Waals surface area contributed by atoms with E-state index in [4.69, 9.17) is 0 Å². The quantitative estimate of drug-likeness (QED) is 0.248. The van der Waals surface area contributed by atoms with E-state index in [1.165, 1.54) is 24.3 Å². The van der Waals surface area contributed by atoms with Crippen molar-refractivity contribution in [1.29, 1.82) is 0 Å². The molecule has 3 aromatic carbocycles. The van der Waals surface area contributed by atoms with Crippen LogP contribution in [-0.4, -0.2) is 39.1 Å². The Labute approximate surface area is 161 Å². The number of nitrogens with zero attached hydrogens (tertiary/aromatic N) is 1. The van der Waals surface area contributed by atoms with Crippen molar-refractivity contribution in [3.05, 3.63) is 58.7 Å². The number of hydrogen-bond donors (Lipinski definition) is 3. The topological polar surface area (TPSA) is 141 Å². The smallest absolute Gasteiger partial charge is 0.346 e. The largest absolute Gasteiger partial charge is 0.504 e. The molecule has 0 aromatic heterocycles. The first kappa shape index (κ1) is 16.8. The third-order valence-corrected chi connectivity index (χ3v) is 4.97. The average Bonchev–Trinajstić information content (AvgIpc) is 2.68. The summed E-state index contributed by atoms with van der Waals surface area (Å²) in [4.78, 5) is 51.0. The Kier molecular flexibility index (Phi) is 3.07. The molecule has 0 fully saturated rings. The fourth-order valence-electron chi connectivity index (χ4n) is 3.67. The molecule has 2 aliphatic rings. The number of amides is 2. The molecule has 142 valence electrons. The van der Waals surface area contributed by atoms with Gasteiger partial charge in [-0.15, -0.1) is 0 Å². The molecule has 2 heterocycles. The zero-order valence-electron chi connectivity index (χ0n) is 14.3. The van der Waals surface area contributed by atoms with Gasteiger partial charge in [-0.2, -0.15) is 0 Å². The Bertz CT molecular complexity index is 1250. The molecular formula is C20H9NO8. The zero-order valence-corrected chi connectivity index (χ0v) is 14.3. The van der Waals surface area contributed by atoms with E-state index in [0.29, 0.717) is 0 Å². The van der Waals surface area contributed by atoms with Crippen molar-refractivity contribution >= 4 is 40.2 Å². The molecule has 5 rings (SSSR count). The molecule has 3 N–H and O–H groups in total. The van der Waals surface area contributed by atoms with Gasteiger partial charge in [0.25, 0.3) is 11.8 Å². The molecule has 9 heteroatoms. The molecule has 0 radical (unpaired) electrons. The number of anilines is 1. The van der Waals surface area contributed by atoms with E-state index in [1.54, 1.807) is 0 Å². The highest BCUT2D eigenvalue weighted by Gasteiger charge is 2.39. The van der Waals surface area contributed by atoms with E-state index < -0.39 is 41.0 Å². The second kappa shape index (κ2) is 5.32. The lowest BCUT2D eigenvalue weighted by Gasteiger charge is -2.29. The summed E-state index contributed by atoms with van der Waals surface area (Å²) in [7, 11) is 0. The highest BCUT2D eigenvalue weighted by molar-refractivity contribution is 6.38. The number of phenols is 3. The monoisotopic (exact) mass is 391 g/mol. The molecule has 9 nitrogen and oxygen atoms in total. The summed E-state index contributed by atoms with van der Waals surface area (Å²) in [5, 5.41) is 29.4. The second-order valence-electron chi connectivity index (χ2n) is 6.53. The normalized spacial score (nSPS) is 15.1. The van der Waals surface area contributed by atoms with Crippen LogP contribution < -0.4 is 4.90 Å². The van der Waals surface area contributed by atoms with Gasteiger partial charge in [0, 0.05) is 34.0 Å². The lowest BCUT2D eigenvalue weighted by molar-refractivity contribution is 0.0390. The number of carbonyl (C=O) groups excluding carboxylic acids is 4. The van der Waals surface area contributed by atoms with Gasteiger partial charge in [-0.25, -0.2) is 14.5 Å². The first-order valence-electron chi connectivity index (χ1n) is 8.29. The van der Waals surface area contributed by atoms with E-state index in [0.717, 1.165) is 17.0 Å². The Morgan fingerprint density at radius 3 is 1.55 bits per heavy atom. The molecule has 3 aromatic rings. The molecule has 2 amide bonds. The average molecular weight is 391 g/mol. The number of carbonyl (C=O) groups is 4. The number of hydrogen-bond acceptors (Lipinski definition) is 8. The lowest BCUT2D eigenvalue weighted by atomic mass is 9.87. The van der Waals surface area contributed by atoms with Crippen LogP contribution in [0.1, 0.15) is 41.4 Å². The maximum absolute atomic E-state index is 13.1. The molecule has 0 aliphatic carbocycles. The third kappa shape index (κ3) is 2.03. The van der Waals surface area contributed by atoms with E-state index in [-0.39, 0.29) is 38.7 Å². The van der Waals surface area contributed by atoms with Crippen LogP contribution in [-0.2, 0) is 4.74 Å². The second-order valence-corrected chi connectivity index (χ2v) is 6.53. The molecule has 0 saturated carbocycles. The summed E-state index contributed by atoms with van der Waals surface area (Å²) in [6.07, 6.45) is 0. The van der Waals surface area contributed by atoms with Gasteiger partial charge < -0.3 is 20.1 Å². The fourth-order valence-corrected chi connectivity index (χ4v) is 3.67. The summed E-state index contributed by atoms with van der Waals surface area (Å²) < 4.78 is 4.68. The maximum Gasteiger partial charge on any atom is 0.346 e. The maximum atomic E-state index is 13.1. The van der Waals surface area contributed by atoms with Crippen LogP contribution in [0.3, 0.4) is 0 Å². The molecule has 0 atom stereocenters. The lowest BCUT2D eigenvalue weighted by Crippen LogP contribution is -2.41. The minimum absolute atomic E-state index is 0.0507. The number of imide groups is 1. The number of rotatable bonds is 1. The zero-order chi connectivity index (χ0) is 20.6. The molecular weight excluding hydrogens is 382 g/mol. The number of ether oxygens (including phenoxy) is 1. The van der Waals surface area contributed by atoms with Gasteiger partial charge in [-0.3, -0.25) is 9.59 Å². The van der Waals surface area contributed by atoms with Crippen LogP contribution in [0, 0.1) is 0 Å². The van der Waals surface area contributed by atoms with E-state index in [9.17, 15) is 34.5 Å². The standard InChI is InChI=1S/C20H9NO8/c22-12-5-7(6-13(23)16(12)24)21-17(25)8-1-3-10-15-11(20(28)29-19(10)27)4-2-9(14(8)15)18(21)26/h1-6,22-24H. The number of cyclic esters (lactones) is 2. The number of benzene rings is 3. The molecule has 29 heavy (non-hydrogen) atoms.